The summed E-state index contributed by atoms with van der Waals surface area (Å²) in [6.07, 6.45) is 8.63. The van der Waals surface area contributed by atoms with Gasteiger partial charge in [-0.1, -0.05) is 12.1 Å². The summed E-state index contributed by atoms with van der Waals surface area (Å²) >= 11 is 0. The van der Waals surface area contributed by atoms with E-state index in [1.165, 1.54) is 18.4 Å². The van der Waals surface area contributed by atoms with Gasteiger partial charge in [-0.25, -0.2) is 0 Å². The first kappa shape index (κ1) is 20.0. The summed E-state index contributed by atoms with van der Waals surface area (Å²) in [4.78, 5) is 29.0. The number of hydrogen-bond donors (Lipinski definition) is 1. The summed E-state index contributed by atoms with van der Waals surface area (Å²) in [5, 5.41) is 10.7. The molecule has 5 rings (SSSR count). The molecule has 3 heterocycles. The van der Waals surface area contributed by atoms with Gasteiger partial charge in [-0.2, -0.15) is 10.2 Å². The van der Waals surface area contributed by atoms with Crippen molar-refractivity contribution in [3.8, 4) is 0 Å². The summed E-state index contributed by atoms with van der Waals surface area (Å²) in [7, 11) is 0. The molecule has 2 aromatic rings. The Hall–Kier alpha value is -2.96. The molecule has 0 spiro atoms. The largest absolute Gasteiger partial charge is 0.368 e. The second kappa shape index (κ2) is 8.65. The SMILES string of the molecule is O=C(Nc1ccc(C2CCN(C(=O)CC3CC3)CC2)cc1)C1CN(c2ccnnc2)C1. The number of anilines is 2. The minimum Gasteiger partial charge on any atom is -0.368 e. The number of nitrogens with one attached hydrogen (secondary N) is 1. The van der Waals surface area contributed by atoms with Gasteiger partial charge < -0.3 is 15.1 Å². The molecule has 0 radical (unpaired) electrons. The zero-order valence-corrected chi connectivity index (χ0v) is 17.7. The van der Waals surface area contributed by atoms with Crippen LogP contribution in [0.1, 0.15) is 43.6 Å². The Bertz CT molecular complexity index is 915. The van der Waals surface area contributed by atoms with Crippen LogP contribution in [0.25, 0.3) is 0 Å². The maximum absolute atomic E-state index is 12.5. The first-order valence-corrected chi connectivity index (χ1v) is 11.4. The van der Waals surface area contributed by atoms with Gasteiger partial charge in [-0.3, -0.25) is 9.59 Å². The molecule has 3 aliphatic rings. The predicted molar refractivity (Wildman–Crippen MR) is 119 cm³/mol. The lowest BCUT2D eigenvalue weighted by molar-refractivity contribution is -0.132. The summed E-state index contributed by atoms with van der Waals surface area (Å²) in [6.45, 7) is 3.13. The second-order valence-corrected chi connectivity index (χ2v) is 9.12. The van der Waals surface area contributed by atoms with Crippen molar-refractivity contribution in [1.82, 2.24) is 15.1 Å². The molecule has 1 saturated carbocycles. The van der Waals surface area contributed by atoms with Crippen molar-refractivity contribution in [2.45, 2.75) is 38.0 Å². The average Bonchev–Trinajstić information content (AvgIpc) is 3.58. The minimum absolute atomic E-state index is 0.00894. The molecule has 1 aromatic heterocycles. The van der Waals surface area contributed by atoms with Gasteiger partial charge in [0.1, 0.15) is 0 Å². The number of carbonyl (C=O) groups is 2. The normalized spacial score (nSPS) is 19.7. The third-order valence-corrected chi connectivity index (χ3v) is 6.84. The van der Waals surface area contributed by atoms with Gasteiger partial charge >= 0.3 is 0 Å². The highest BCUT2D eigenvalue weighted by atomic mass is 16.2. The Balaban J connectivity index is 1.08. The van der Waals surface area contributed by atoms with E-state index < -0.39 is 0 Å². The fourth-order valence-electron chi connectivity index (χ4n) is 4.57. The molecule has 7 nitrogen and oxygen atoms in total. The highest BCUT2D eigenvalue weighted by molar-refractivity contribution is 5.94. The fourth-order valence-corrected chi connectivity index (χ4v) is 4.57. The Kier molecular flexibility index (Phi) is 5.57. The smallest absolute Gasteiger partial charge is 0.231 e. The Morgan fingerprint density at radius 1 is 0.968 bits per heavy atom. The van der Waals surface area contributed by atoms with Gasteiger partial charge in [0.25, 0.3) is 0 Å². The van der Waals surface area contributed by atoms with E-state index in [1.54, 1.807) is 12.4 Å². The summed E-state index contributed by atoms with van der Waals surface area (Å²) < 4.78 is 0. The van der Waals surface area contributed by atoms with Gasteiger partial charge in [-0.15, -0.1) is 0 Å². The van der Waals surface area contributed by atoms with Crippen LogP contribution in [0.15, 0.2) is 42.7 Å². The molecule has 1 N–H and O–H groups in total. The zero-order valence-electron chi connectivity index (χ0n) is 17.7. The van der Waals surface area contributed by atoms with E-state index in [9.17, 15) is 9.59 Å². The van der Waals surface area contributed by atoms with Crippen LogP contribution in [0, 0.1) is 11.8 Å². The van der Waals surface area contributed by atoms with Gasteiger partial charge in [0.15, 0.2) is 0 Å². The van der Waals surface area contributed by atoms with E-state index in [-0.39, 0.29) is 11.8 Å². The van der Waals surface area contributed by atoms with E-state index >= 15 is 0 Å². The van der Waals surface area contributed by atoms with Gasteiger partial charge in [0.2, 0.25) is 11.8 Å². The summed E-state index contributed by atoms with van der Waals surface area (Å²) in [5.74, 6) is 1.54. The van der Waals surface area contributed by atoms with Crippen LogP contribution >= 0.6 is 0 Å². The number of nitrogens with zero attached hydrogens (tertiary/aromatic N) is 4. The standard InChI is InChI=1S/C24H29N5O2/c30-23(13-17-1-2-17)28-11-8-19(9-12-28)18-3-5-21(6-4-18)27-24(31)20-15-29(16-20)22-7-10-25-26-14-22/h3-7,10,14,17,19-20H,1-2,8-9,11-13,15-16H2,(H,27,31). The van der Waals surface area contributed by atoms with Crippen molar-refractivity contribution in [3.63, 3.8) is 0 Å². The quantitative estimate of drug-likeness (QED) is 0.779. The molecule has 7 heteroatoms. The first-order chi connectivity index (χ1) is 15.2. The Morgan fingerprint density at radius 3 is 2.35 bits per heavy atom. The first-order valence-electron chi connectivity index (χ1n) is 11.4. The van der Waals surface area contributed by atoms with Crippen LogP contribution < -0.4 is 10.2 Å². The van der Waals surface area contributed by atoms with Crippen LogP contribution in [-0.4, -0.2) is 53.1 Å². The van der Waals surface area contributed by atoms with E-state index in [4.69, 9.17) is 0 Å². The molecular formula is C24H29N5O2. The van der Waals surface area contributed by atoms with Crippen molar-refractivity contribution in [1.29, 1.82) is 0 Å². The minimum atomic E-state index is -0.00894. The highest BCUT2D eigenvalue weighted by Crippen LogP contribution is 2.34. The van der Waals surface area contributed by atoms with E-state index in [2.05, 4.69) is 32.5 Å². The lowest BCUT2D eigenvalue weighted by Crippen LogP contribution is -2.52. The van der Waals surface area contributed by atoms with Crippen molar-refractivity contribution in [2.75, 3.05) is 36.4 Å². The topological polar surface area (TPSA) is 78.4 Å². The lowest BCUT2D eigenvalue weighted by Gasteiger charge is -2.39. The zero-order chi connectivity index (χ0) is 21.2. The second-order valence-electron chi connectivity index (χ2n) is 9.12. The monoisotopic (exact) mass is 419 g/mol. The number of likely N-dealkylation sites (tertiary alicyclic amines) is 1. The van der Waals surface area contributed by atoms with Crippen LogP contribution in [0.5, 0.6) is 0 Å². The number of piperidine rings is 1. The fraction of sp³-hybridized carbons (Fsp3) is 0.500. The molecule has 162 valence electrons. The number of amides is 2. The van der Waals surface area contributed by atoms with E-state index in [0.29, 0.717) is 30.8 Å². The third-order valence-electron chi connectivity index (χ3n) is 6.84. The van der Waals surface area contributed by atoms with E-state index in [1.807, 2.05) is 23.1 Å². The van der Waals surface area contributed by atoms with Crippen molar-refractivity contribution >= 4 is 23.2 Å². The van der Waals surface area contributed by atoms with Crippen LogP contribution in [0.2, 0.25) is 0 Å². The maximum atomic E-state index is 12.5. The van der Waals surface area contributed by atoms with Gasteiger partial charge in [-0.05, 0) is 61.3 Å². The Labute approximate surface area is 182 Å². The van der Waals surface area contributed by atoms with Crippen molar-refractivity contribution in [3.05, 3.63) is 48.3 Å². The number of aromatic nitrogens is 2. The molecule has 3 fully saturated rings. The molecule has 0 atom stereocenters. The number of hydrogen-bond acceptors (Lipinski definition) is 5. The molecule has 0 bridgehead atoms. The molecule has 2 aliphatic heterocycles. The van der Waals surface area contributed by atoms with Crippen LogP contribution in [0.4, 0.5) is 11.4 Å². The molecule has 0 unspecified atom stereocenters. The summed E-state index contributed by atoms with van der Waals surface area (Å²) in [6, 6.07) is 10.2. The summed E-state index contributed by atoms with van der Waals surface area (Å²) in [5.41, 5.74) is 3.14. The van der Waals surface area contributed by atoms with Crippen LogP contribution in [-0.2, 0) is 9.59 Å². The van der Waals surface area contributed by atoms with E-state index in [0.717, 1.165) is 43.7 Å². The lowest BCUT2D eigenvalue weighted by atomic mass is 9.89. The number of rotatable bonds is 6. The molecule has 31 heavy (non-hydrogen) atoms. The third kappa shape index (κ3) is 4.70. The van der Waals surface area contributed by atoms with Crippen LogP contribution in [0.3, 0.4) is 0 Å². The predicted octanol–water partition coefficient (Wildman–Crippen LogP) is 3.06. The van der Waals surface area contributed by atoms with Gasteiger partial charge in [0.05, 0.1) is 24.0 Å². The molecule has 2 saturated heterocycles. The van der Waals surface area contributed by atoms with Gasteiger partial charge in [0, 0.05) is 38.3 Å². The molecule has 1 aromatic carbocycles. The van der Waals surface area contributed by atoms with Crippen molar-refractivity contribution in [2.24, 2.45) is 11.8 Å². The number of carbonyl (C=O) groups excluding carboxylic acids is 2. The Morgan fingerprint density at radius 2 is 1.71 bits per heavy atom. The maximum Gasteiger partial charge on any atom is 0.231 e. The average molecular weight is 420 g/mol. The highest BCUT2D eigenvalue weighted by Gasteiger charge is 2.33. The number of benzene rings is 1. The molecular weight excluding hydrogens is 390 g/mol. The molecule has 2 amide bonds. The molecule has 1 aliphatic carbocycles. The van der Waals surface area contributed by atoms with Crippen molar-refractivity contribution < 1.29 is 9.59 Å².